The molecule has 0 aromatic carbocycles. The molecule has 0 bridgehead atoms. The molecule has 0 N–H and O–H groups in total. The van der Waals surface area contributed by atoms with Crippen LogP contribution in [0.1, 0.15) is 6.92 Å². The SMILES string of the molecule is CC([S])SC#N. The summed E-state index contributed by atoms with van der Waals surface area (Å²) < 4.78 is 0.0370. The molecule has 0 spiro atoms. The van der Waals surface area contributed by atoms with Gasteiger partial charge in [0.1, 0.15) is 5.40 Å². The van der Waals surface area contributed by atoms with Crippen molar-refractivity contribution in [3.63, 3.8) is 0 Å². The standard InChI is InChI=1S/C3H4NS2/c1-3(5)6-2-4/h3H,1H3. The number of rotatable bonds is 1. The molecule has 0 amide bonds. The molecular formula is C3H4NS2. The zero-order chi connectivity index (χ0) is 4.99. The van der Waals surface area contributed by atoms with Gasteiger partial charge >= 0.3 is 0 Å². The van der Waals surface area contributed by atoms with Gasteiger partial charge in [0, 0.05) is 0 Å². The van der Waals surface area contributed by atoms with E-state index in [1.54, 1.807) is 0 Å². The average Bonchev–Trinajstić information content (AvgIpc) is 1.35. The highest BCUT2D eigenvalue weighted by Crippen LogP contribution is 2.09. The van der Waals surface area contributed by atoms with Gasteiger partial charge in [0.15, 0.2) is 0 Å². The van der Waals surface area contributed by atoms with Crippen LogP contribution < -0.4 is 0 Å². The summed E-state index contributed by atoms with van der Waals surface area (Å²) in [5, 5.41) is 9.76. The maximum atomic E-state index is 7.88. The first-order chi connectivity index (χ1) is 2.77. The number of thiocyanates is 1. The van der Waals surface area contributed by atoms with Crippen molar-refractivity contribution in [3.8, 4) is 5.40 Å². The Morgan fingerprint density at radius 2 is 2.50 bits per heavy atom. The second-order valence-electron chi connectivity index (χ2n) is 0.777. The summed E-state index contributed by atoms with van der Waals surface area (Å²) in [6.07, 6.45) is 0. The van der Waals surface area contributed by atoms with E-state index in [9.17, 15) is 0 Å². The van der Waals surface area contributed by atoms with Crippen LogP contribution in [0.2, 0.25) is 0 Å². The Hall–Kier alpha value is 0.190. The highest BCUT2D eigenvalue weighted by molar-refractivity contribution is 8.13. The predicted octanol–water partition coefficient (Wildman–Crippen LogP) is 1.74. The Morgan fingerprint density at radius 3 is 2.50 bits per heavy atom. The number of hydrogen-bond donors (Lipinski definition) is 0. The van der Waals surface area contributed by atoms with Gasteiger partial charge in [-0.05, 0) is 18.7 Å². The summed E-state index contributed by atoms with van der Waals surface area (Å²) in [6.45, 7) is 1.81. The van der Waals surface area contributed by atoms with Gasteiger partial charge in [-0.25, -0.2) is 0 Å². The molecule has 0 aromatic rings. The first kappa shape index (κ1) is 6.19. The van der Waals surface area contributed by atoms with E-state index in [4.69, 9.17) is 5.26 Å². The Balaban J connectivity index is 2.88. The third-order valence-corrected chi connectivity index (χ3v) is 0.945. The molecule has 0 saturated carbocycles. The van der Waals surface area contributed by atoms with Gasteiger partial charge in [-0.1, -0.05) is 12.6 Å². The Labute approximate surface area is 47.1 Å². The third-order valence-electron chi connectivity index (χ3n) is 0.219. The van der Waals surface area contributed by atoms with Crippen LogP contribution in [0.5, 0.6) is 0 Å². The minimum Gasteiger partial charge on any atom is -0.185 e. The molecule has 0 aliphatic heterocycles. The van der Waals surface area contributed by atoms with Crippen molar-refractivity contribution in [1.29, 1.82) is 5.26 Å². The van der Waals surface area contributed by atoms with E-state index in [2.05, 4.69) is 12.6 Å². The summed E-state index contributed by atoms with van der Waals surface area (Å²) in [7, 11) is 0. The van der Waals surface area contributed by atoms with Gasteiger partial charge in [0.25, 0.3) is 0 Å². The molecular weight excluding hydrogens is 114 g/mol. The van der Waals surface area contributed by atoms with Crippen molar-refractivity contribution in [2.45, 2.75) is 11.5 Å². The summed E-state index contributed by atoms with van der Waals surface area (Å²) in [5.74, 6) is 0. The van der Waals surface area contributed by atoms with Crippen LogP contribution in [0.25, 0.3) is 0 Å². The van der Waals surface area contributed by atoms with Crippen molar-refractivity contribution in [2.24, 2.45) is 0 Å². The van der Waals surface area contributed by atoms with Crippen molar-refractivity contribution < 1.29 is 0 Å². The zero-order valence-corrected chi connectivity index (χ0v) is 4.97. The monoisotopic (exact) mass is 118 g/mol. The van der Waals surface area contributed by atoms with Crippen molar-refractivity contribution in [2.75, 3.05) is 0 Å². The van der Waals surface area contributed by atoms with Crippen molar-refractivity contribution in [3.05, 3.63) is 0 Å². The molecule has 3 heteroatoms. The number of nitrogens with zero attached hydrogens (tertiary/aromatic N) is 1. The predicted molar refractivity (Wildman–Crippen MR) is 30.3 cm³/mol. The average molecular weight is 118 g/mol. The minimum atomic E-state index is 0.0370. The third kappa shape index (κ3) is 4.19. The summed E-state index contributed by atoms with van der Waals surface area (Å²) in [6, 6.07) is 0. The van der Waals surface area contributed by atoms with Crippen molar-refractivity contribution >= 4 is 24.4 Å². The first-order valence-electron chi connectivity index (χ1n) is 1.48. The molecule has 0 aromatic heterocycles. The molecule has 1 nitrogen and oxygen atoms in total. The second-order valence-corrected chi connectivity index (χ2v) is 2.91. The zero-order valence-electron chi connectivity index (χ0n) is 3.34. The van der Waals surface area contributed by atoms with Gasteiger partial charge in [-0.15, -0.1) is 0 Å². The largest absolute Gasteiger partial charge is 0.185 e. The lowest BCUT2D eigenvalue weighted by Gasteiger charge is -1.85. The van der Waals surface area contributed by atoms with Crippen LogP contribution in [0.3, 0.4) is 0 Å². The van der Waals surface area contributed by atoms with Crippen LogP contribution in [0.15, 0.2) is 0 Å². The smallest absolute Gasteiger partial charge is 0.134 e. The van der Waals surface area contributed by atoms with Gasteiger partial charge in [-0.2, -0.15) is 5.26 Å². The molecule has 1 atom stereocenters. The van der Waals surface area contributed by atoms with Crippen LogP contribution in [-0.2, 0) is 0 Å². The quantitative estimate of drug-likeness (QED) is 0.490. The van der Waals surface area contributed by atoms with Gasteiger partial charge in [0.2, 0.25) is 0 Å². The molecule has 33 valence electrons. The lowest BCUT2D eigenvalue weighted by molar-refractivity contribution is 1.44. The minimum absolute atomic E-state index is 0.0370. The Morgan fingerprint density at radius 1 is 2.00 bits per heavy atom. The molecule has 0 aliphatic carbocycles. The molecule has 6 heavy (non-hydrogen) atoms. The Kier molecular flexibility index (Phi) is 3.49. The number of nitriles is 1. The van der Waals surface area contributed by atoms with E-state index < -0.39 is 0 Å². The highest BCUT2D eigenvalue weighted by Gasteiger charge is 1.88. The van der Waals surface area contributed by atoms with Crippen molar-refractivity contribution in [1.82, 2.24) is 0 Å². The van der Waals surface area contributed by atoms with Crippen LogP contribution >= 0.6 is 24.4 Å². The molecule has 1 radical (unpaired) electrons. The molecule has 0 heterocycles. The number of hydrogen-bond acceptors (Lipinski definition) is 2. The van der Waals surface area contributed by atoms with E-state index in [-0.39, 0.29) is 4.58 Å². The summed E-state index contributed by atoms with van der Waals surface area (Å²) >= 11 is 5.72. The highest BCUT2D eigenvalue weighted by atomic mass is 32.2. The first-order valence-corrected chi connectivity index (χ1v) is 2.83. The van der Waals surface area contributed by atoms with E-state index in [1.165, 1.54) is 0 Å². The maximum Gasteiger partial charge on any atom is 0.134 e. The van der Waals surface area contributed by atoms with E-state index in [0.29, 0.717) is 0 Å². The van der Waals surface area contributed by atoms with Crippen LogP contribution in [-0.4, -0.2) is 4.58 Å². The summed E-state index contributed by atoms with van der Waals surface area (Å²) in [4.78, 5) is 0. The van der Waals surface area contributed by atoms with E-state index >= 15 is 0 Å². The molecule has 0 saturated heterocycles. The number of thioether (sulfide) groups is 1. The van der Waals surface area contributed by atoms with Crippen LogP contribution in [0, 0.1) is 10.7 Å². The lowest BCUT2D eigenvalue weighted by Crippen LogP contribution is -1.73. The second kappa shape index (κ2) is 3.38. The van der Waals surface area contributed by atoms with E-state index in [0.717, 1.165) is 11.8 Å². The molecule has 0 fully saturated rings. The topological polar surface area (TPSA) is 23.8 Å². The van der Waals surface area contributed by atoms with Crippen LogP contribution in [0.4, 0.5) is 0 Å². The van der Waals surface area contributed by atoms with E-state index in [1.807, 2.05) is 12.3 Å². The Bertz CT molecular complexity index is 63.7. The maximum absolute atomic E-state index is 7.88. The van der Waals surface area contributed by atoms with Gasteiger partial charge in [-0.3, -0.25) is 0 Å². The molecule has 1 unspecified atom stereocenters. The fraction of sp³-hybridized carbons (Fsp3) is 0.667. The molecule has 0 aliphatic rings. The lowest BCUT2D eigenvalue weighted by atomic mass is 11.0. The normalized spacial score (nSPS) is 12.8. The molecule has 0 rings (SSSR count). The fourth-order valence-electron chi connectivity index (χ4n) is 0.0742. The van der Waals surface area contributed by atoms with Gasteiger partial charge in [0.05, 0.1) is 4.58 Å². The fourth-order valence-corrected chi connectivity index (χ4v) is 0.352. The summed E-state index contributed by atoms with van der Waals surface area (Å²) in [5.41, 5.74) is 0. The van der Waals surface area contributed by atoms with Gasteiger partial charge < -0.3 is 0 Å².